The summed E-state index contributed by atoms with van der Waals surface area (Å²) in [7, 11) is 1.98. The van der Waals surface area contributed by atoms with Crippen molar-refractivity contribution in [2.75, 3.05) is 7.05 Å². The molecule has 1 atom stereocenters. The van der Waals surface area contributed by atoms with Gasteiger partial charge in [-0.15, -0.1) is 11.3 Å². The highest BCUT2D eigenvalue weighted by atomic mass is 32.1. The number of aryl methyl sites for hydroxylation is 2. The van der Waals surface area contributed by atoms with E-state index in [0.717, 1.165) is 23.1 Å². The summed E-state index contributed by atoms with van der Waals surface area (Å²) in [6.07, 6.45) is 4.34. The molecule has 0 aliphatic carbocycles. The maximum Gasteiger partial charge on any atom is 0.0949 e. The topological polar surface area (TPSA) is 50.7 Å². The van der Waals surface area contributed by atoms with Crippen LogP contribution in [0.2, 0.25) is 0 Å². The Balaban J connectivity index is 1.90. The second kappa shape index (κ2) is 5.87. The van der Waals surface area contributed by atoms with Crippen LogP contribution in [0.5, 0.6) is 0 Å². The van der Waals surface area contributed by atoms with Crippen LogP contribution in [-0.2, 0) is 6.42 Å². The number of hydrogen-bond acceptors (Lipinski definition) is 5. The van der Waals surface area contributed by atoms with Crippen LogP contribution in [0.3, 0.4) is 0 Å². The Morgan fingerprint density at radius 1 is 1.14 bits per heavy atom. The van der Waals surface area contributed by atoms with Crippen LogP contribution in [0.15, 0.2) is 30.6 Å². The number of rotatable bonds is 4. The Labute approximate surface area is 128 Å². The smallest absolute Gasteiger partial charge is 0.0949 e. The van der Waals surface area contributed by atoms with Gasteiger partial charge < -0.3 is 5.32 Å². The van der Waals surface area contributed by atoms with E-state index in [-0.39, 0.29) is 6.04 Å². The summed E-state index contributed by atoms with van der Waals surface area (Å²) in [4.78, 5) is 14.6. The van der Waals surface area contributed by atoms with Crippen LogP contribution in [0.4, 0.5) is 0 Å². The van der Waals surface area contributed by atoms with Gasteiger partial charge in [0.15, 0.2) is 0 Å². The average Bonchev–Trinajstić information content (AvgIpc) is 2.82. The summed E-state index contributed by atoms with van der Waals surface area (Å²) in [6.45, 7) is 4.19. The van der Waals surface area contributed by atoms with Crippen molar-refractivity contribution in [3.05, 3.63) is 51.7 Å². The lowest BCUT2D eigenvalue weighted by atomic mass is 10.0. The highest BCUT2D eigenvalue weighted by Crippen LogP contribution is 2.24. The number of thiazole rings is 1. The van der Waals surface area contributed by atoms with Crippen molar-refractivity contribution in [1.82, 2.24) is 20.3 Å². The van der Waals surface area contributed by atoms with Gasteiger partial charge >= 0.3 is 0 Å². The Kier molecular flexibility index (Phi) is 3.94. The van der Waals surface area contributed by atoms with E-state index in [9.17, 15) is 0 Å². The average molecular weight is 298 g/mol. The lowest BCUT2D eigenvalue weighted by Crippen LogP contribution is -2.18. The minimum absolute atomic E-state index is 0.237. The molecule has 2 aromatic heterocycles. The number of nitrogens with one attached hydrogen (secondary N) is 1. The van der Waals surface area contributed by atoms with Crippen LogP contribution in [0.1, 0.15) is 27.2 Å². The number of fused-ring (bicyclic) bond motifs is 1. The van der Waals surface area contributed by atoms with Crippen LogP contribution >= 0.6 is 11.3 Å². The van der Waals surface area contributed by atoms with Crippen molar-refractivity contribution in [2.24, 2.45) is 0 Å². The van der Waals surface area contributed by atoms with E-state index < -0.39 is 0 Å². The van der Waals surface area contributed by atoms with Gasteiger partial charge in [-0.3, -0.25) is 9.97 Å². The molecule has 1 N–H and O–H groups in total. The molecule has 0 aliphatic rings. The molecule has 0 saturated heterocycles. The van der Waals surface area contributed by atoms with Gasteiger partial charge in [-0.05, 0) is 38.6 Å². The molecule has 0 spiro atoms. The van der Waals surface area contributed by atoms with Gasteiger partial charge in [0.05, 0.1) is 21.7 Å². The SMILES string of the molecule is CNC(Cc1nc(C)c(C)s1)c1ccc2nccnc2c1. The monoisotopic (exact) mass is 298 g/mol. The lowest BCUT2D eigenvalue weighted by Gasteiger charge is -2.15. The summed E-state index contributed by atoms with van der Waals surface area (Å²) in [6, 6.07) is 6.49. The van der Waals surface area contributed by atoms with E-state index in [0.29, 0.717) is 0 Å². The van der Waals surface area contributed by atoms with Crippen molar-refractivity contribution in [2.45, 2.75) is 26.3 Å². The standard InChI is InChI=1S/C16H18N4S/c1-10-11(2)21-16(20-10)9-14(17-3)12-4-5-13-15(8-12)19-7-6-18-13/h4-8,14,17H,9H2,1-3H3. The number of aromatic nitrogens is 3. The molecule has 1 unspecified atom stereocenters. The van der Waals surface area contributed by atoms with Crippen molar-refractivity contribution in [3.63, 3.8) is 0 Å². The Morgan fingerprint density at radius 3 is 2.57 bits per heavy atom. The fourth-order valence-corrected chi connectivity index (χ4v) is 3.36. The van der Waals surface area contributed by atoms with Gasteiger partial charge in [-0.2, -0.15) is 0 Å². The van der Waals surface area contributed by atoms with Crippen molar-refractivity contribution >= 4 is 22.4 Å². The normalized spacial score (nSPS) is 12.7. The molecule has 2 heterocycles. The Morgan fingerprint density at radius 2 is 1.90 bits per heavy atom. The number of nitrogens with zero attached hydrogens (tertiary/aromatic N) is 3. The molecule has 108 valence electrons. The minimum atomic E-state index is 0.237. The van der Waals surface area contributed by atoms with Gasteiger partial charge in [0.25, 0.3) is 0 Å². The third kappa shape index (κ3) is 2.94. The summed E-state index contributed by atoms with van der Waals surface area (Å²) >= 11 is 1.78. The van der Waals surface area contributed by atoms with E-state index in [1.54, 1.807) is 23.7 Å². The molecule has 1 aromatic carbocycles. The Bertz CT molecular complexity index is 746. The van der Waals surface area contributed by atoms with Gasteiger partial charge in [0.1, 0.15) is 0 Å². The maximum absolute atomic E-state index is 4.64. The zero-order valence-electron chi connectivity index (χ0n) is 12.4. The molecule has 0 aliphatic heterocycles. The first-order chi connectivity index (χ1) is 10.2. The predicted molar refractivity (Wildman–Crippen MR) is 86.6 cm³/mol. The van der Waals surface area contributed by atoms with Crippen molar-refractivity contribution < 1.29 is 0 Å². The Hall–Kier alpha value is -1.85. The molecular formula is C16H18N4S. The zero-order chi connectivity index (χ0) is 14.8. The zero-order valence-corrected chi connectivity index (χ0v) is 13.2. The first-order valence-corrected chi connectivity index (χ1v) is 7.80. The second-order valence-corrected chi connectivity index (χ2v) is 6.39. The van der Waals surface area contributed by atoms with Crippen LogP contribution < -0.4 is 5.32 Å². The number of hydrogen-bond donors (Lipinski definition) is 1. The molecule has 0 fully saturated rings. The predicted octanol–water partition coefficient (Wildman–Crippen LogP) is 3.21. The third-order valence-electron chi connectivity index (χ3n) is 3.70. The molecule has 3 aromatic rings. The summed E-state index contributed by atoms with van der Waals surface area (Å²) < 4.78 is 0. The van der Waals surface area contributed by atoms with Gasteiger partial charge in [0.2, 0.25) is 0 Å². The molecule has 5 heteroatoms. The first kappa shape index (κ1) is 14.1. The highest BCUT2D eigenvalue weighted by molar-refractivity contribution is 7.11. The van der Waals surface area contributed by atoms with Crippen LogP contribution in [0.25, 0.3) is 11.0 Å². The molecule has 21 heavy (non-hydrogen) atoms. The molecule has 0 radical (unpaired) electrons. The maximum atomic E-state index is 4.64. The second-order valence-electron chi connectivity index (χ2n) is 5.10. The van der Waals surface area contributed by atoms with Crippen LogP contribution in [0, 0.1) is 13.8 Å². The fraction of sp³-hybridized carbons (Fsp3) is 0.312. The first-order valence-electron chi connectivity index (χ1n) is 6.98. The molecule has 0 amide bonds. The van der Waals surface area contributed by atoms with Crippen LogP contribution in [-0.4, -0.2) is 22.0 Å². The highest BCUT2D eigenvalue weighted by Gasteiger charge is 2.14. The molecule has 3 rings (SSSR count). The molecule has 0 saturated carbocycles. The number of benzene rings is 1. The molecular weight excluding hydrogens is 280 g/mol. The number of likely N-dealkylation sites (N-methyl/N-ethyl adjacent to an activating group) is 1. The molecule has 4 nitrogen and oxygen atoms in total. The van der Waals surface area contributed by atoms with E-state index >= 15 is 0 Å². The van der Waals surface area contributed by atoms with Crippen molar-refractivity contribution in [3.8, 4) is 0 Å². The van der Waals surface area contributed by atoms with Crippen molar-refractivity contribution in [1.29, 1.82) is 0 Å². The van der Waals surface area contributed by atoms with E-state index in [4.69, 9.17) is 0 Å². The fourth-order valence-electron chi connectivity index (χ4n) is 2.38. The lowest BCUT2D eigenvalue weighted by molar-refractivity contribution is 0.590. The van der Waals surface area contributed by atoms with E-state index in [1.165, 1.54) is 15.4 Å². The largest absolute Gasteiger partial charge is 0.313 e. The summed E-state index contributed by atoms with van der Waals surface area (Å²) in [5.41, 5.74) is 4.21. The minimum Gasteiger partial charge on any atom is -0.313 e. The molecule has 0 bridgehead atoms. The van der Waals surface area contributed by atoms with Gasteiger partial charge in [-0.25, -0.2) is 4.98 Å². The van der Waals surface area contributed by atoms with E-state index in [1.807, 2.05) is 13.1 Å². The quantitative estimate of drug-likeness (QED) is 0.803. The summed E-state index contributed by atoms with van der Waals surface area (Å²) in [5.74, 6) is 0. The van der Waals surface area contributed by atoms with Gasteiger partial charge in [-0.1, -0.05) is 6.07 Å². The van der Waals surface area contributed by atoms with Gasteiger partial charge in [0, 0.05) is 29.7 Å². The van der Waals surface area contributed by atoms with E-state index in [2.05, 4.69) is 46.2 Å². The summed E-state index contributed by atoms with van der Waals surface area (Å²) in [5, 5.41) is 4.55. The third-order valence-corrected chi connectivity index (χ3v) is 4.79.